The van der Waals surface area contributed by atoms with Gasteiger partial charge in [0.25, 0.3) is 0 Å². The Kier molecular flexibility index (Phi) is 26.4. The number of allylic oxidation sites excluding steroid dienone is 1. The van der Waals surface area contributed by atoms with Crippen LogP contribution in [0.5, 0.6) is 0 Å². The zero-order valence-electron chi connectivity index (χ0n) is 33.0. The van der Waals surface area contributed by atoms with Gasteiger partial charge in [-0.3, -0.25) is 0 Å². The van der Waals surface area contributed by atoms with Crippen LogP contribution in [0.15, 0.2) is 25.3 Å². The van der Waals surface area contributed by atoms with Crippen molar-refractivity contribution >= 4 is 0 Å². The van der Waals surface area contributed by atoms with Crippen LogP contribution in [0.3, 0.4) is 0 Å². The molecule has 0 aromatic rings. The minimum Gasteiger partial charge on any atom is -0.330 e. The van der Waals surface area contributed by atoms with E-state index in [1.54, 1.807) is 50.5 Å². The van der Waals surface area contributed by atoms with E-state index in [1.165, 1.54) is 57.8 Å². The zero-order valence-corrected chi connectivity index (χ0v) is 33.0. The number of hydrogen-bond acceptors (Lipinski definition) is 1. The Labute approximate surface area is 281 Å². The highest BCUT2D eigenvalue weighted by atomic mass is 14.6. The normalized spacial score (nSPS) is 35.0. The molecule has 0 aromatic heterocycles. The molecule has 0 spiro atoms. The van der Waals surface area contributed by atoms with Gasteiger partial charge in [-0.15, -0.1) is 13.2 Å². The molecular formula is C43H87N. The summed E-state index contributed by atoms with van der Waals surface area (Å²) in [7, 11) is 0. The maximum atomic E-state index is 5.03. The number of fused-ring (bicyclic) bond motifs is 5. The van der Waals surface area contributed by atoms with Crippen LogP contribution in [0.2, 0.25) is 0 Å². The molecule has 2 N–H and O–H groups in total. The monoisotopic (exact) mass is 618 g/mol. The summed E-state index contributed by atoms with van der Waals surface area (Å²) in [6.07, 6.45) is 24.8. The van der Waals surface area contributed by atoms with Crippen LogP contribution in [-0.2, 0) is 0 Å². The van der Waals surface area contributed by atoms with Gasteiger partial charge in [-0.1, -0.05) is 121 Å². The van der Waals surface area contributed by atoms with Crippen molar-refractivity contribution in [3.8, 4) is 0 Å². The molecule has 5 aliphatic carbocycles. The van der Waals surface area contributed by atoms with Gasteiger partial charge < -0.3 is 5.73 Å². The van der Waals surface area contributed by atoms with E-state index in [2.05, 4.69) is 61.3 Å². The van der Waals surface area contributed by atoms with Crippen molar-refractivity contribution in [1.82, 2.24) is 0 Å². The second-order valence-electron chi connectivity index (χ2n) is 14.4. The van der Waals surface area contributed by atoms with Crippen LogP contribution in [0, 0.1) is 52.3 Å². The molecule has 5 fully saturated rings. The molecule has 1 heteroatoms. The van der Waals surface area contributed by atoms with E-state index in [1.807, 2.05) is 41.5 Å². The third-order valence-electron chi connectivity index (χ3n) is 12.4. The van der Waals surface area contributed by atoms with Crippen LogP contribution in [0.1, 0.15) is 192 Å². The van der Waals surface area contributed by atoms with Gasteiger partial charge in [-0.05, 0) is 142 Å². The summed E-state index contributed by atoms with van der Waals surface area (Å²) in [6, 6.07) is 0. The molecule has 5 saturated carbocycles. The highest BCUT2D eigenvalue weighted by Gasteiger charge is 2.60. The summed E-state index contributed by atoms with van der Waals surface area (Å²) in [5.41, 5.74) is 7.96. The minimum atomic E-state index is 0.651. The first kappa shape index (κ1) is 45.6. The third-order valence-corrected chi connectivity index (χ3v) is 12.4. The second-order valence-corrected chi connectivity index (χ2v) is 14.4. The first-order chi connectivity index (χ1) is 21.3. The first-order valence-corrected chi connectivity index (χ1v) is 20.1. The Morgan fingerprint density at radius 3 is 1.77 bits per heavy atom. The molecule has 0 saturated heterocycles. The molecular weight excluding hydrogens is 530 g/mol. The summed E-state index contributed by atoms with van der Waals surface area (Å²) in [5.74, 6) is 6.99. The Morgan fingerprint density at radius 2 is 1.27 bits per heavy atom. The van der Waals surface area contributed by atoms with Crippen LogP contribution in [-0.4, -0.2) is 6.54 Å². The maximum absolute atomic E-state index is 5.03. The quantitative estimate of drug-likeness (QED) is 0.305. The van der Waals surface area contributed by atoms with Crippen molar-refractivity contribution < 1.29 is 0 Å². The van der Waals surface area contributed by atoms with Crippen molar-refractivity contribution in [1.29, 1.82) is 0 Å². The van der Waals surface area contributed by atoms with E-state index in [0.29, 0.717) is 10.8 Å². The molecule has 0 radical (unpaired) electrons. The van der Waals surface area contributed by atoms with Gasteiger partial charge in [-0.25, -0.2) is 0 Å². The summed E-state index contributed by atoms with van der Waals surface area (Å²) in [6.45, 7) is 37.8. The van der Waals surface area contributed by atoms with E-state index in [4.69, 9.17) is 5.73 Å². The van der Waals surface area contributed by atoms with E-state index in [-0.39, 0.29) is 0 Å². The lowest BCUT2D eigenvalue weighted by molar-refractivity contribution is -0.114. The molecule has 0 bridgehead atoms. The molecule has 5 aliphatic rings. The molecule has 0 amide bonds. The van der Waals surface area contributed by atoms with Crippen molar-refractivity contribution in [2.45, 2.75) is 192 Å². The lowest BCUT2D eigenvalue weighted by Gasteiger charge is -2.61. The van der Waals surface area contributed by atoms with Crippen LogP contribution in [0.25, 0.3) is 0 Å². The smallest absolute Gasteiger partial charge is 0.00799 e. The van der Waals surface area contributed by atoms with Gasteiger partial charge in [0.1, 0.15) is 0 Å². The summed E-state index contributed by atoms with van der Waals surface area (Å²) >= 11 is 0. The average molecular weight is 618 g/mol. The van der Waals surface area contributed by atoms with E-state index in [9.17, 15) is 0 Å². The molecule has 0 aliphatic heterocycles. The number of unbranched alkanes of at least 4 members (excludes halogenated alkanes) is 1. The SMILES string of the molecule is C=C.C=C1CCCC1C[C@@H](C)C1CCC2C3CC[C@H]4CCCCC4(C)C3CCC21C.CC.CC.CC.CCCC.CCCN. The Balaban J connectivity index is 0. The first-order valence-electron chi connectivity index (χ1n) is 20.1. The van der Waals surface area contributed by atoms with Gasteiger partial charge in [0.05, 0.1) is 0 Å². The van der Waals surface area contributed by atoms with Gasteiger partial charge in [0.2, 0.25) is 0 Å². The van der Waals surface area contributed by atoms with Gasteiger partial charge >= 0.3 is 0 Å². The highest BCUT2D eigenvalue weighted by Crippen LogP contribution is 2.68. The fraction of sp³-hybridized carbons (Fsp3) is 0.907. The van der Waals surface area contributed by atoms with E-state index >= 15 is 0 Å². The number of nitrogens with two attached hydrogens (primary N) is 1. The number of hydrogen-bond donors (Lipinski definition) is 1. The van der Waals surface area contributed by atoms with Gasteiger partial charge in [0, 0.05) is 0 Å². The summed E-state index contributed by atoms with van der Waals surface area (Å²) < 4.78 is 0. The molecule has 0 aromatic carbocycles. The topological polar surface area (TPSA) is 26.0 Å². The van der Waals surface area contributed by atoms with E-state index < -0.39 is 0 Å². The molecule has 5 rings (SSSR count). The summed E-state index contributed by atoms with van der Waals surface area (Å²) in [5, 5.41) is 0. The fourth-order valence-corrected chi connectivity index (χ4v) is 10.2. The average Bonchev–Trinajstić information content (AvgIpc) is 3.66. The van der Waals surface area contributed by atoms with Crippen molar-refractivity contribution in [2.24, 2.45) is 58.0 Å². The third kappa shape index (κ3) is 11.9. The Hall–Kier alpha value is -0.560. The van der Waals surface area contributed by atoms with Crippen LogP contribution >= 0.6 is 0 Å². The maximum Gasteiger partial charge on any atom is -0.00799 e. The number of rotatable bonds is 5. The van der Waals surface area contributed by atoms with E-state index in [0.717, 1.165) is 54.4 Å². The molecule has 0 heterocycles. The minimum absolute atomic E-state index is 0.651. The Bertz CT molecular complexity index is 674. The largest absolute Gasteiger partial charge is 0.330 e. The lowest BCUT2D eigenvalue weighted by atomic mass is 9.44. The molecule has 264 valence electrons. The zero-order chi connectivity index (χ0) is 34.3. The van der Waals surface area contributed by atoms with Crippen LogP contribution in [0.4, 0.5) is 0 Å². The predicted molar refractivity (Wildman–Crippen MR) is 205 cm³/mol. The van der Waals surface area contributed by atoms with Crippen molar-refractivity contribution in [3.05, 3.63) is 25.3 Å². The van der Waals surface area contributed by atoms with Gasteiger partial charge in [-0.2, -0.15) is 0 Å². The summed E-state index contributed by atoms with van der Waals surface area (Å²) in [4.78, 5) is 0. The molecule has 7 unspecified atom stereocenters. The standard InChI is InChI=1S/C28H46.C4H10.C3H9N.3C2H6.C2H4/c1-19-8-7-9-21(19)18-20(2)24-13-14-25-23-12-11-22-10-5-6-16-27(22,3)26(23)15-17-28(24,25)4;1-3-4-2;1-2-3-4;4*1-2/h20-26H,1,5-18H2,2-4H3;3-4H2,1-2H3;2-4H2,1H3;3*1-2H3;1-2H2/t20-,21?,22-,23?,24?,25?,26?,27?,28?;;;;;;/m1....../s1. The van der Waals surface area contributed by atoms with Crippen LogP contribution < -0.4 is 5.73 Å². The highest BCUT2D eigenvalue weighted by molar-refractivity contribution is 5.11. The fourth-order valence-electron chi connectivity index (χ4n) is 10.2. The van der Waals surface area contributed by atoms with Gasteiger partial charge in [0.15, 0.2) is 0 Å². The lowest BCUT2D eigenvalue weighted by Crippen LogP contribution is -2.53. The molecule has 9 atom stereocenters. The predicted octanol–water partition coefficient (Wildman–Crippen LogP) is 14.5. The molecule has 1 nitrogen and oxygen atoms in total. The second kappa shape index (κ2) is 25.5. The van der Waals surface area contributed by atoms with Crippen molar-refractivity contribution in [3.63, 3.8) is 0 Å². The Morgan fingerprint density at radius 1 is 0.705 bits per heavy atom. The molecule has 44 heavy (non-hydrogen) atoms. The van der Waals surface area contributed by atoms with Crippen molar-refractivity contribution in [2.75, 3.05) is 6.54 Å².